The molecule has 0 radical (unpaired) electrons. The smallest absolute Gasteiger partial charge is 0.249 e. The van der Waals surface area contributed by atoms with Crippen molar-refractivity contribution in [3.05, 3.63) is 40.8 Å². The van der Waals surface area contributed by atoms with Gasteiger partial charge >= 0.3 is 0 Å². The summed E-state index contributed by atoms with van der Waals surface area (Å²) in [5.41, 5.74) is 5.97. The highest BCUT2D eigenvalue weighted by Crippen LogP contribution is 2.29. The van der Waals surface area contributed by atoms with Gasteiger partial charge in [-0.05, 0) is 28.1 Å². The molecule has 2 aromatic heterocycles. The van der Waals surface area contributed by atoms with Crippen molar-refractivity contribution in [1.29, 1.82) is 0 Å². The molecule has 0 saturated heterocycles. The zero-order valence-electron chi connectivity index (χ0n) is 7.92. The number of nitrogens with two attached hydrogens (primary N) is 1. The topological polar surface area (TPSA) is 51.8 Å². The molecule has 82 valence electrons. The Kier molecular flexibility index (Phi) is 2.82. The van der Waals surface area contributed by atoms with Gasteiger partial charge in [0.05, 0.1) is 0 Å². The van der Waals surface area contributed by atoms with Gasteiger partial charge in [-0.15, -0.1) is 0 Å². The first kappa shape index (κ1) is 10.9. The van der Waals surface area contributed by atoms with Crippen molar-refractivity contribution in [2.24, 2.45) is 0 Å². The Balaban J connectivity index is 2.67. The third-order valence-corrected chi connectivity index (χ3v) is 2.46. The Bertz CT molecular complexity index is 546. The zero-order chi connectivity index (χ0) is 11.7. The zero-order valence-corrected chi connectivity index (χ0v) is 9.50. The highest BCUT2D eigenvalue weighted by Gasteiger charge is 2.13. The minimum atomic E-state index is -1.16. The van der Waals surface area contributed by atoms with Crippen LogP contribution in [0.5, 0.6) is 0 Å². The number of nitrogens with zero attached hydrogens (tertiary/aromatic N) is 2. The molecule has 2 aromatic rings. The first-order valence-corrected chi connectivity index (χ1v) is 5.10. The van der Waals surface area contributed by atoms with Crippen LogP contribution >= 0.6 is 15.9 Å². The van der Waals surface area contributed by atoms with Crippen molar-refractivity contribution in [3.63, 3.8) is 0 Å². The summed E-state index contributed by atoms with van der Waals surface area (Å²) in [6.07, 6.45) is 2.66. The second-order valence-electron chi connectivity index (χ2n) is 3.05. The molecule has 0 aliphatic carbocycles. The molecule has 0 bridgehead atoms. The van der Waals surface area contributed by atoms with E-state index in [0.717, 1.165) is 0 Å². The van der Waals surface area contributed by atoms with Crippen LogP contribution in [0.2, 0.25) is 0 Å². The number of hydrogen-bond donors (Lipinski definition) is 1. The summed E-state index contributed by atoms with van der Waals surface area (Å²) in [7, 11) is 0. The van der Waals surface area contributed by atoms with E-state index in [9.17, 15) is 8.78 Å². The first-order valence-electron chi connectivity index (χ1n) is 4.31. The van der Waals surface area contributed by atoms with Gasteiger partial charge in [-0.25, -0.2) is 14.4 Å². The molecular formula is C10H6BrF2N3. The summed E-state index contributed by atoms with van der Waals surface area (Å²) in [5.74, 6) is -2.06. The van der Waals surface area contributed by atoms with E-state index in [4.69, 9.17) is 5.73 Å². The normalized spacial score (nSPS) is 10.4. The second kappa shape index (κ2) is 4.13. The Labute approximate surface area is 98.5 Å². The van der Waals surface area contributed by atoms with E-state index in [1.54, 1.807) is 6.07 Å². The summed E-state index contributed by atoms with van der Waals surface area (Å²) < 4.78 is 27.0. The average molecular weight is 286 g/mol. The van der Waals surface area contributed by atoms with Crippen LogP contribution in [0.1, 0.15) is 0 Å². The molecule has 0 unspecified atom stereocenters. The lowest BCUT2D eigenvalue weighted by Crippen LogP contribution is -1.98. The Morgan fingerprint density at radius 3 is 2.69 bits per heavy atom. The number of pyridine rings is 2. The number of anilines is 1. The first-order chi connectivity index (χ1) is 7.59. The van der Waals surface area contributed by atoms with E-state index in [1.165, 1.54) is 18.5 Å². The van der Waals surface area contributed by atoms with E-state index in [-0.39, 0.29) is 11.4 Å². The summed E-state index contributed by atoms with van der Waals surface area (Å²) >= 11 is 3.19. The van der Waals surface area contributed by atoms with Crippen LogP contribution in [0.25, 0.3) is 11.1 Å². The van der Waals surface area contributed by atoms with Gasteiger partial charge in [0.2, 0.25) is 5.95 Å². The maximum atomic E-state index is 13.5. The van der Waals surface area contributed by atoms with Crippen LogP contribution in [-0.2, 0) is 0 Å². The molecule has 0 spiro atoms. The fourth-order valence-corrected chi connectivity index (χ4v) is 1.62. The maximum absolute atomic E-state index is 13.5. The van der Waals surface area contributed by atoms with Crippen molar-refractivity contribution in [2.75, 3.05) is 5.73 Å². The molecule has 2 heterocycles. The Hall–Kier alpha value is -1.56. The number of nitrogen functional groups attached to an aromatic ring is 1. The van der Waals surface area contributed by atoms with Crippen molar-refractivity contribution in [1.82, 2.24) is 9.97 Å². The van der Waals surface area contributed by atoms with Gasteiger partial charge in [0.15, 0.2) is 5.82 Å². The number of rotatable bonds is 1. The van der Waals surface area contributed by atoms with Crippen LogP contribution < -0.4 is 5.73 Å². The standard InChI is InChI=1S/C10H6BrF2N3/c11-5-3-7(10(14)16-4-5)6-1-2-15-9(13)8(6)12/h1-4H,(H2,14,16). The van der Waals surface area contributed by atoms with Gasteiger partial charge in [0, 0.05) is 28.0 Å². The molecule has 2 N–H and O–H groups in total. The van der Waals surface area contributed by atoms with Crippen molar-refractivity contribution >= 4 is 21.7 Å². The minimum absolute atomic E-state index is 0.0406. The SMILES string of the molecule is Nc1ncc(Br)cc1-c1ccnc(F)c1F. The van der Waals surface area contributed by atoms with Gasteiger partial charge in [-0.3, -0.25) is 0 Å². The third-order valence-electron chi connectivity index (χ3n) is 2.02. The van der Waals surface area contributed by atoms with Gasteiger partial charge in [0.25, 0.3) is 0 Å². The monoisotopic (exact) mass is 285 g/mol. The molecule has 0 atom stereocenters. The second-order valence-corrected chi connectivity index (χ2v) is 3.97. The van der Waals surface area contributed by atoms with E-state index in [1.807, 2.05) is 0 Å². The van der Waals surface area contributed by atoms with E-state index < -0.39 is 11.8 Å². The lowest BCUT2D eigenvalue weighted by molar-refractivity contribution is 0.482. The Morgan fingerprint density at radius 1 is 1.19 bits per heavy atom. The quantitative estimate of drug-likeness (QED) is 0.820. The van der Waals surface area contributed by atoms with Gasteiger partial charge in [0.1, 0.15) is 5.82 Å². The number of aromatic nitrogens is 2. The van der Waals surface area contributed by atoms with Gasteiger partial charge in [-0.2, -0.15) is 4.39 Å². The molecule has 2 rings (SSSR count). The molecule has 0 aliphatic rings. The lowest BCUT2D eigenvalue weighted by Gasteiger charge is -2.06. The predicted octanol–water partition coefficient (Wildman–Crippen LogP) is 2.77. The summed E-state index contributed by atoms with van der Waals surface area (Å²) in [6, 6.07) is 2.92. The minimum Gasteiger partial charge on any atom is -0.383 e. The summed E-state index contributed by atoms with van der Waals surface area (Å²) in [4.78, 5) is 7.05. The molecule has 3 nitrogen and oxygen atoms in total. The molecule has 6 heteroatoms. The van der Waals surface area contributed by atoms with Crippen LogP contribution in [-0.4, -0.2) is 9.97 Å². The van der Waals surface area contributed by atoms with Crippen LogP contribution in [0, 0.1) is 11.8 Å². The van der Waals surface area contributed by atoms with Crippen molar-refractivity contribution < 1.29 is 8.78 Å². The maximum Gasteiger partial charge on any atom is 0.249 e. The van der Waals surface area contributed by atoms with Gasteiger partial charge in [-0.1, -0.05) is 0 Å². The molecule has 16 heavy (non-hydrogen) atoms. The lowest BCUT2D eigenvalue weighted by atomic mass is 10.1. The van der Waals surface area contributed by atoms with Gasteiger partial charge < -0.3 is 5.73 Å². The molecule has 0 aliphatic heterocycles. The van der Waals surface area contributed by atoms with Crippen LogP contribution in [0.15, 0.2) is 29.0 Å². The number of hydrogen-bond acceptors (Lipinski definition) is 3. The fraction of sp³-hybridized carbons (Fsp3) is 0. The largest absolute Gasteiger partial charge is 0.383 e. The van der Waals surface area contributed by atoms with Crippen LogP contribution in [0.4, 0.5) is 14.6 Å². The van der Waals surface area contributed by atoms with Crippen LogP contribution in [0.3, 0.4) is 0 Å². The summed E-state index contributed by atoms with van der Waals surface area (Å²) in [5, 5.41) is 0. The van der Waals surface area contributed by atoms with E-state index in [0.29, 0.717) is 10.0 Å². The number of halogens is 3. The molecule has 0 fully saturated rings. The van der Waals surface area contributed by atoms with E-state index >= 15 is 0 Å². The van der Waals surface area contributed by atoms with E-state index in [2.05, 4.69) is 25.9 Å². The fourth-order valence-electron chi connectivity index (χ4n) is 1.29. The molecular weight excluding hydrogens is 280 g/mol. The predicted molar refractivity (Wildman–Crippen MR) is 59.5 cm³/mol. The average Bonchev–Trinajstić information content (AvgIpc) is 2.26. The molecule has 0 saturated carbocycles. The molecule has 0 aromatic carbocycles. The molecule has 0 amide bonds. The summed E-state index contributed by atoms with van der Waals surface area (Å²) in [6.45, 7) is 0. The van der Waals surface area contributed by atoms with Crippen molar-refractivity contribution in [3.8, 4) is 11.1 Å². The van der Waals surface area contributed by atoms with Crippen molar-refractivity contribution in [2.45, 2.75) is 0 Å². The highest BCUT2D eigenvalue weighted by atomic mass is 79.9. The third kappa shape index (κ3) is 1.88. The Morgan fingerprint density at radius 2 is 1.94 bits per heavy atom. The highest BCUT2D eigenvalue weighted by molar-refractivity contribution is 9.10.